The molecule has 0 aliphatic heterocycles. The number of aliphatic hydroxyl groups is 1. The Morgan fingerprint density at radius 2 is 1.56 bits per heavy atom. The van der Waals surface area contributed by atoms with E-state index in [1.165, 1.54) is 11.1 Å². The molecule has 3 rings (SSSR count). The SMILES string of the molecule is CC(C)(O)C1(Cc2ccccc2)CCC(N)CC1Cc1ccccc1. The van der Waals surface area contributed by atoms with Crippen molar-refractivity contribution in [2.24, 2.45) is 17.1 Å². The Morgan fingerprint density at radius 3 is 2.12 bits per heavy atom. The van der Waals surface area contributed by atoms with E-state index >= 15 is 0 Å². The lowest BCUT2D eigenvalue weighted by Gasteiger charge is -2.53. The first-order chi connectivity index (χ1) is 11.9. The minimum Gasteiger partial charge on any atom is -0.390 e. The Kier molecular flexibility index (Phi) is 5.31. The Hall–Kier alpha value is -1.64. The van der Waals surface area contributed by atoms with E-state index in [4.69, 9.17) is 5.73 Å². The van der Waals surface area contributed by atoms with Gasteiger partial charge in [-0.1, -0.05) is 60.7 Å². The van der Waals surface area contributed by atoms with Crippen LogP contribution in [0.4, 0.5) is 0 Å². The third-order valence-electron chi connectivity index (χ3n) is 6.24. The molecular formula is C23H31NO. The maximum atomic E-state index is 11.2. The second-order valence-corrected chi connectivity index (χ2v) is 8.30. The van der Waals surface area contributed by atoms with Gasteiger partial charge in [-0.3, -0.25) is 0 Å². The van der Waals surface area contributed by atoms with Gasteiger partial charge in [0.2, 0.25) is 0 Å². The highest BCUT2D eigenvalue weighted by atomic mass is 16.3. The normalized spacial score (nSPS) is 27.2. The van der Waals surface area contributed by atoms with Crippen molar-refractivity contribution in [1.82, 2.24) is 0 Å². The highest BCUT2D eigenvalue weighted by Gasteiger charge is 2.51. The van der Waals surface area contributed by atoms with Crippen molar-refractivity contribution in [3.05, 3.63) is 71.8 Å². The molecule has 1 aliphatic carbocycles. The molecule has 1 aliphatic rings. The number of hydrogen-bond acceptors (Lipinski definition) is 2. The second kappa shape index (κ2) is 7.31. The van der Waals surface area contributed by atoms with Crippen LogP contribution in [0.3, 0.4) is 0 Å². The van der Waals surface area contributed by atoms with E-state index in [1.54, 1.807) is 0 Å². The zero-order valence-corrected chi connectivity index (χ0v) is 15.5. The van der Waals surface area contributed by atoms with Gasteiger partial charge >= 0.3 is 0 Å². The van der Waals surface area contributed by atoms with Gasteiger partial charge in [-0.05, 0) is 63.0 Å². The van der Waals surface area contributed by atoms with Gasteiger partial charge in [0, 0.05) is 11.5 Å². The third kappa shape index (κ3) is 3.96. The van der Waals surface area contributed by atoms with Crippen LogP contribution < -0.4 is 5.73 Å². The van der Waals surface area contributed by atoms with Gasteiger partial charge in [0.15, 0.2) is 0 Å². The summed E-state index contributed by atoms with van der Waals surface area (Å²) in [5.41, 5.74) is 8.09. The van der Waals surface area contributed by atoms with Crippen molar-refractivity contribution in [2.75, 3.05) is 0 Å². The van der Waals surface area contributed by atoms with Crippen molar-refractivity contribution >= 4 is 0 Å². The molecule has 2 heteroatoms. The van der Waals surface area contributed by atoms with Crippen LogP contribution >= 0.6 is 0 Å². The van der Waals surface area contributed by atoms with Crippen molar-refractivity contribution in [3.63, 3.8) is 0 Å². The minimum absolute atomic E-state index is 0.153. The molecule has 0 saturated heterocycles. The molecule has 2 aromatic carbocycles. The minimum atomic E-state index is -0.748. The third-order valence-corrected chi connectivity index (χ3v) is 6.24. The van der Waals surface area contributed by atoms with Crippen molar-refractivity contribution < 1.29 is 5.11 Å². The largest absolute Gasteiger partial charge is 0.390 e. The highest BCUT2D eigenvalue weighted by Crippen LogP contribution is 2.51. The summed E-state index contributed by atoms with van der Waals surface area (Å²) in [7, 11) is 0. The Bertz CT molecular complexity index is 661. The van der Waals surface area contributed by atoms with E-state index in [0.717, 1.165) is 32.1 Å². The maximum Gasteiger partial charge on any atom is 0.0653 e. The first kappa shape index (κ1) is 18.2. The summed E-state index contributed by atoms with van der Waals surface area (Å²) in [5, 5.41) is 11.2. The van der Waals surface area contributed by atoms with Crippen LogP contribution in [0, 0.1) is 11.3 Å². The molecule has 2 nitrogen and oxygen atoms in total. The van der Waals surface area contributed by atoms with Crippen molar-refractivity contribution in [1.29, 1.82) is 0 Å². The predicted octanol–water partition coefficient (Wildman–Crippen LogP) is 4.36. The van der Waals surface area contributed by atoms with Crippen molar-refractivity contribution in [3.8, 4) is 0 Å². The van der Waals surface area contributed by atoms with Gasteiger partial charge in [-0.2, -0.15) is 0 Å². The Morgan fingerprint density at radius 1 is 1.00 bits per heavy atom. The average Bonchev–Trinajstić information content (AvgIpc) is 2.58. The molecule has 0 radical (unpaired) electrons. The van der Waals surface area contributed by atoms with E-state index in [1.807, 2.05) is 13.8 Å². The summed E-state index contributed by atoms with van der Waals surface area (Å²) in [6.45, 7) is 3.98. The molecular weight excluding hydrogens is 306 g/mol. The van der Waals surface area contributed by atoms with Crippen LogP contribution in [-0.2, 0) is 12.8 Å². The van der Waals surface area contributed by atoms with E-state index in [-0.39, 0.29) is 11.5 Å². The average molecular weight is 338 g/mol. The lowest BCUT2D eigenvalue weighted by molar-refractivity contribution is -0.113. The first-order valence-electron chi connectivity index (χ1n) is 9.46. The summed E-state index contributed by atoms with van der Waals surface area (Å²) < 4.78 is 0. The van der Waals surface area contributed by atoms with Gasteiger partial charge < -0.3 is 10.8 Å². The smallest absolute Gasteiger partial charge is 0.0653 e. The first-order valence-corrected chi connectivity index (χ1v) is 9.46. The van der Waals surface area contributed by atoms with Crippen LogP contribution in [0.5, 0.6) is 0 Å². The topological polar surface area (TPSA) is 46.2 Å². The van der Waals surface area contributed by atoms with E-state index in [0.29, 0.717) is 5.92 Å². The van der Waals surface area contributed by atoms with Crippen LogP contribution in [0.1, 0.15) is 44.2 Å². The van der Waals surface area contributed by atoms with Crippen molar-refractivity contribution in [2.45, 2.75) is 57.6 Å². The lowest BCUT2D eigenvalue weighted by atomic mass is 9.54. The fraction of sp³-hybridized carbons (Fsp3) is 0.478. The molecule has 134 valence electrons. The van der Waals surface area contributed by atoms with Crippen LogP contribution in [0.25, 0.3) is 0 Å². The zero-order valence-electron chi connectivity index (χ0n) is 15.5. The number of hydrogen-bond donors (Lipinski definition) is 2. The maximum absolute atomic E-state index is 11.2. The fourth-order valence-corrected chi connectivity index (χ4v) is 4.75. The molecule has 1 fully saturated rings. The summed E-state index contributed by atoms with van der Waals surface area (Å²) in [4.78, 5) is 0. The highest BCUT2D eigenvalue weighted by molar-refractivity contribution is 5.22. The summed E-state index contributed by atoms with van der Waals surface area (Å²) in [6.07, 6.45) is 4.82. The van der Waals surface area contributed by atoms with Gasteiger partial charge in [0.25, 0.3) is 0 Å². The lowest BCUT2D eigenvalue weighted by Crippen LogP contribution is -2.55. The molecule has 3 N–H and O–H groups in total. The molecule has 0 heterocycles. The number of benzene rings is 2. The van der Waals surface area contributed by atoms with Crippen LogP contribution in [0.2, 0.25) is 0 Å². The van der Waals surface area contributed by atoms with Gasteiger partial charge in [0.05, 0.1) is 5.60 Å². The molecule has 3 atom stereocenters. The molecule has 0 spiro atoms. The van der Waals surface area contributed by atoms with Gasteiger partial charge in [0.1, 0.15) is 0 Å². The standard InChI is InChI=1S/C23H31NO/c1-22(2,25)23(17-19-11-7-4-8-12-19)14-13-21(24)16-20(23)15-18-9-5-3-6-10-18/h3-12,20-21,25H,13-17,24H2,1-2H3. The molecule has 1 saturated carbocycles. The molecule has 3 unspecified atom stereocenters. The molecule has 2 aromatic rings. The zero-order chi connectivity index (χ0) is 17.9. The number of nitrogens with two attached hydrogens (primary N) is 1. The Balaban J connectivity index is 1.97. The van der Waals surface area contributed by atoms with E-state index < -0.39 is 5.60 Å². The molecule has 0 aromatic heterocycles. The van der Waals surface area contributed by atoms with Crippen LogP contribution in [-0.4, -0.2) is 16.7 Å². The summed E-state index contributed by atoms with van der Waals surface area (Å²) >= 11 is 0. The quantitative estimate of drug-likeness (QED) is 0.852. The fourth-order valence-electron chi connectivity index (χ4n) is 4.75. The monoisotopic (exact) mass is 337 g/mol. The van der Waals surface area contributed by atoms with E-state index in [2.05, 4.69) is 60.7 Å². The van der Waals surface area contributed by atoms with Gasteiger partial charge in [-0.15, -0.1) is 0 Å². The summed E-state index contributed by atoms with van der Waals surface area (Å²) in [5.74, 6) is 0.374. The molecule has 0 amide bonds. The van der Waals surface area contributed by atoms with Crippen LogP contribution in [0.15, 0.2) is 60.7 Å². The van der Waals surface area contributed by atoms with E-state index in [9.17, 15) is 5.11 Å². The molecule has 25 heavy (non-hydrogen) atoms. The number of rotatable bonds is 5. The summed E-state index contributed by atoms with van der Waals surface area (Å²) in [6, 6.07) is 21.5. The second-order valence-electron chi connectivity index (χ2n) is 8.30. The predicted molar refractivity (Wildman–Crippen MR) is 104 cm³/mol. The van der Waals surface area contributed by atoms with Gasteiger partial charge in [-0.25, -0.2) is 0 Å². The molecule has 0 bridgehead atoms. The Labute approximate surface area is 152 Å².